The second-order valence-electron chi connectivity index (χ2n) is 5.02. The minimum atomic E-state index is -0.608. The summed E-state index contributed by atoms with van der Waals surface area (Å²) >= 11 is 0. The van der Waals surface area contributed by atoms with E-state index >= 15 is 0 Å². The summed E-state index contributed by atoms with van der Waals surface area (Å²) in [5, 5.41) is 6.61. The third kappa shape index (κ3) is 3.46. The van der Waals surface area contributed by atoms with E-state index in [0.29, 0.717) is 11.4 Å². The fraction of sp³-hybridized carbons (Fsp3) is 0.333. The van der Waals surface area contributed by atoms with Crippen LogP contribution in [0.15, 0.2) is 36.7 Å². The maximum atomic E-state index is 14.0. The third-order valence-corrected chi connectivity index (χ3v) is 3.53. The van der Waals surface area contributed by atoms with Crippen molar-refractivity contribution in [1.29, 1.82) is 0 Å². The van der Waals surface area contributed by atoms with E-state index in [4.69, 9.17) is 5.73 Å². The molecule has 2 unspecified atom stereocenters. The van der Waals surface area contributed by atoms with Crippen molar-refractivity contribution in [2.24, 2.45) is 11.7 Å². The molecule has 0 bridgehead atoms. The molecule has 1 amide bonds. The largest absolute Gasteiger partial charge is 0.325 e. The minimum Gasteiger partial charge on any atom is -0.325 e. The number of carbonyl (C=O) groups excluding carboxylic acids is 1. The van der Waals surface area contributed by atoms with Gasteiger partial charge in [-0.3, -0.25) is 4.79 Å². The van der Waals surface area contributed by atoms with Gasteiger partial charge in [-0.25, -0.2) is 9.07 Å². The van der Waals surface area contributed by atoms with E-state index < -0.39 is 11.9 Å². The van der Waals surface area contributed by atoms with Gasteiger partial charge in [0.15, 0.2) is 5.82 Å². The summed E-state index contributed by atoms with van der Waals surface area (Å²) in [6.45, 7) is 3.88. The quantitative estimate of drug-likeness (QED) is 0.887. The molecular weight excluding hydrogens is 271 g/mol. The molecule has 3 N–H and O–H groups in total. The number of rotatable bonds is 5. The zero-order chi connectivity index (χ0) is 15.4. The van der Waals surface area contributed by atoms with E-state index in [1.54, 1.807) is 30.6 Å². The fourth-order valence-electron chi connectivity index (χ4n) is 1.92. The number of carbonyl (C=O) groups is 1. The van der Waals surface area contributed by atoms with Crippen LogP contribution in [0, 0.1) is 11.7 Å². The summed E-state index contributed by atoms with van der Waals surface area (Å²) in [5.41, 5.74) is 6.55. The van der Waals surface area contributed by atoms with Crippen LogP contribution in [0.1, 0.15) is 20.3 Å². The first-order valence-corrected chi connectivity index (χ1v) is 6.89. The molecule has 0 aliphatic rings. The van der Waals surface area contributed by atoms with Crippen molar-refractivity contribution < 1.29 is 9.18 Å². The molecule has 0 spiro atoms. The Labute approximate surface area is 123 Å². The van der Waals surface area contributed by atoms with Crippen molar-refractivity contribution in [3.05, 3.63) is 42.5 Å². The van der Waals surface area contributed by atoms with Crippen molar-refractivity contribution in [3.8, 4) is 5.69 Å². The number of hydrogen-bond acceptors (Lipinski definition) is 3. The highest BCUT2D eigenvalue weighted by atomic mass is 19.1. The Bertz CT molecular complexity index is 612. The number of aromatic nitrogens is 2. The number of hydrogen-bond donors (Lipinski definition) is 2. The SMILES string of the molecule is CCC(C)C(N)C(=O)Nc1ccc(-n2cccn2)c(F)c1. The van der Waals surface area contributed by atoms with Gasteiger partial charge in [-0.05, 0) is 30.2 Å². The average Bonchev–Trinajstić information content (AvgIpc) is 2.99. The number of amides is 1. The van der Waals surface area contributed by atoms with Gasteiger partial charge < -0.3 is 11.1 Å². The Balaban J connectivity index is 2.12. The molecule has 5 nitrogen and oxygen atoms in total. The number of anilines is 1. The van der Waals surface area contributed by atoms with Crippen LogP contribution in [-0.4, -0.2) is 21.7 Å². The van der Waals surface area contributed by atoms with Crippen LogP contribution >= 0.6 is 0 Å². The number of nitrogens with one attached hydrogen (secondary N) is 1. The molecule has 112 valence electrons. The first-order chi connectivity index (χ1) is 10.0. The van der Waals surface area contributed by atoms with Gasteiger partial charge in [0.2, 0.25) is 5.91 Å². The number of halogens is 1. The van der Waals surface area contributed by atoms with E-state index in [9.17, 15) is 9.18 Å². The van der Waals surface area contributed by atoms with Gasteiger partial charge in [0.05, 0.1) is 6.04 Å². The van der Waals surface area contributed by atoms with Crippen molar-refractivity contribution in [2.75, 3.05) is 5.32 Å². The summed E-state index contributed by atoms with van der Waals surface area (Å²) in [4.78, 5) is 12.0. The summed E-state index contributed by atoms with van der Waals surface area (Å²) < 4.78 is 15.5. The van der Waals surface area contributed by atoms with Crippen LogP contribution in [0.5, 0.6) is 0 Å². The smallest absolute Gasteiger partial charge is 0.241 e. The van der Waals surface area contributed by atoms with Gasteiger partial charge in [0.1, 0.15) is 5.69 Å². The Morgan fingerprint density at radius 3 is 2.86 bits per heavy atom. The van der Waals surface area contributed by atoms with Crippen LogP contribution in [0.4, 0.5) is 10.1 Å². The van der Waals surface area contributed by atoms with Crippen molar-refractivity contribution in [2.45, 2.75) is 26.3 Å². The Morgan fingerprint density at radius 2 is 2.29 bits per heavy atom. The van der Waals surface area contributed by atoms with Gasteiger partial charge in [0, 0.05) is 18.1 Å². The topological polar surface area (TPSA) is 72.9 Å². The van der Waals surface area contributed by atoms with E-state index in [1.807, 2.05) is 13.8 Å². The molecule has 0 aliphatic heterocycles. The standard InChI is InChI=1S/C15H19FN4O/c1-3-10(2)14(17)15(21)19-11-5-6-13(12(16)9-11)20-8-4-7-18-20/h4-10,14H,3,17H2,1-2H3,(H,19,21). The first kappa shape index (κ1) is 15.2. The maximum absolute atomic E-state index is 14.0. The highest BCUT2D eigenvalue weighted by Gasteiger charge is 2.19. The highest BCUT2D eigenvalue weighted by Crippen LogP contribution is 2.18. The van der Waals surface area contributed by atoms with Crippen molar-refractivity contribution in [3.63, 3.8) is 0 Å². The van der Waals surface area contributed by atoms with Crippen molar-refractivity contribution >= 4 is 11.6 Å². The molecule has 21 heavy (non-hydrogen) atoms. The molecule has 1 aromatic heterocycles. The number of nitrogens with two attached hydrogens (primary N) is 1. The number of nitrogens with zero attached hydrogens (tertiary/aromatic N) is 2. The van der Waals surface area contributed by atoms with E-state index in [0.717, 1.165) is 6.42 Å². The highest BCUT2D eigenvalue weighted by molar-refractivity contribution is 5.94. The van der Waals surface area contributed by atoms with E-state index in [-0.39, 0.29) is 11.8 Å². The van der Waals surface area contributed by atoms with Crippen molar-refractivity contribution in [1.82, 2.24) is 9.78 Å². The molecule has 2 aromatic rings. The molecule has 2 rings (SSSR count). The van der Waals surface area contributed by atoms with Gasteiger partial charge in [0.25, 0.3) is 0 Å². The fourth-order valence-corrected chi connectivity index (χ4v) is 1.92. The molecule has 1 heterocycles. The molecule has 6 heteroatoms. The zero-order valence-corrected chi connectivity index (χ0v) is 12.1. The molecule has 0 aliphatic carbocycles. The molecule has 1 aromatic carbocycles. The minimum absolute atomic E-state index is 0.0678. The Hall–Kier alpha value is -2.21. The lowest BCUT2D eigenvalue weighted by molar-refractivity contribution is -0.118. The van der Waals surface area contributed by atoms with Crippen LogP contribution in [0.25, 0.3) is 5.69 Å². The second kappa shape index (κ2) is 6.49. The van der Waals surface area contributed by atoms with Crippen LogP contribution in [0.2, 0.25) is 0 Å². The van der Waals surface area contributed by atoms with E-state index in [1.165, 1.54) is 10.7 Å². The Morgan fingerprint density at radius 1 is 1.52 bits per heavy atom. The molecule has 0 saturated heterocycles. The summed E-state index contributed by atoms with van der Waals surface area (Å²) in [5.74, 6) is -0.706. The van der Waals surface area contributed by atoms with E-state index in [2.05, 4.69) is 10.4 Å². The monoisotopic (exact) mass is 290 g/mol. The number of benzene rings is 1. The lowest BCUT2D eigenvalue weighted by atomic mass is 9.99. The average molecular weight is 290 g/mol. The lowest BCUT2D eigenvalue weighted by Crippen LogP contribution is -2.40. The normalized spacial score (nSPS) is 13.7. The lowest BCUT2D eigenvalue weighted by Gasteiger charge is -2.18. The van der Waals surface area contributed by atoms with Crippen LogP contribution in [0.3, 0.4) is 0 Å². The zero-order valence-electron chi connectivity index (χ0n) is 12.1. The van der Waals surface area contributed by atoms with Crippen LogP contribution in [-0.2, 0) is 4.79 Å². The van der Waals surface area contributed by atoms with Gasteiger partial charge in [-0.1, -0.05) is 20.3 Å². The van der Waals surface area contributed by atoms with Gasteiger partial charge in [-0.15, -0.1) is 0 Å². The van der Waals surface area contributed by atoms with Crippen LogP contribution < -0.4 is 11.1 Å². The summed E-state index contributed by atoms with van der Waals surface area (Å²) in [6.07, 6.45) is 4.02. The maximum Gasteiger partial charge on any atom is 0.241 e. The Kier molecular flexibility index (Phi) is 4.70. The molecule has 0 fully saturated rings. The summed E-state index contributed by atoms with van der Waals surface area (Å²) in [7, 11) is 0. The van der Waals surface area contributed by atoms with Gasteiger partial charge in [-0.2, -0.15) is 5.10 Å². The second-order valence-corrected chi connectivity index (χ2v) is 5.02. The molecule has 2 atom stereocenters. The molecule has 0 saturated carbocycles. The molecule has 0 radical (unpaired) electrons. The predicted molar refractivity (Wildman–Crippen MR) is 79.6 cm³/mol. The predicted octanol–water partition coefficient (Wildman–Crippen LogP) is 2.32. The first-order valence-electron chi connectivity index (χ1n) is 6.89. The van der Waals surface area contributed by atoms with Gasteiger partial charge >= 0.3 is 0 Å². The molecular formula is C15H19FN4O. The summed E-state index contributed by atoms with van der Waals surface area (Å²) in [6, 6.07) is 5.55. The third-order valence-electron chi connectivity index (χ3n) is 3.53.